The highest BCUT2D eigenvalue weighted by Crippen LogP contribution is 2.16. The molecule has 0 saturated carbocycles. The summed E-state index contributed by atoms with van der Waals surface area (Å²) >= 11 is 6.07. The van der Waals surface area contributed by atoms with Gasteiger partial charge in [0.15, 0.2) is 0 Å². The average Bonchev–Trinajstić information content (AvgIpc) is 2.34. The number of nitrogens with zero attached hydrogens (tertiary/aromatic N) is 2. The number of rotatable bonds is 3. The fraction of sp³-hybridized carbons (Fsp3) is 0.385. The van der Waals surface area contributed by atoms with Crippen LogP contribution < -0.4 is 10.3 Å². The number of hydrogen-bond donors (Lipinski definition) is 0. The second-order valence-corrected chi connectivity index (χ2v) is 4.94. The Morgan fingerprint density at radius 2 is 2.17 bits per heavy atom. The molecule has 18 heavy (non-hydrogen) atoms. The minimum absolute atomic E-state index is 0.127. The van der Waals surface area contributed by atoms with Crippen molar-refractivity contribution in [3.05, 3.63) is 39.4 Å². The first-order valence-electron chi connectivity index (χ1n) is 5.77. The predicted molar refractivity (Wildman–Crippen MR) is 71.6 cm³/mol. The molecule has 0 aliphatic carbocycles. The van der Waals surface area contributed by atoms with Gasteiger partial charge < -0.3 is 4.74 Å². The SMILES string of the molecule is COc1ccc2nc(Cl)c(CC(C)C)c(=O)n2c1. The normalized spacial score (nSPS) is 11.2. The molecule has 0 spiro atoms. The van der Waals surface area contributed by atoms with Gasteiger partial charge in [-0.15, -0.1) is 0 Å². The first-order chi connectivity index (χ1) is 8.52. The molecule has 0 atom stereocenters. The highest BCUT2D eigenvalue weighted by atomic mass is 35.5. The molecule has 2 aromatic rings. The summed E-state index contributed by atoms with van der Waals surface area (Å²) < 4.78 is 6.58. The lowest BCUT2D eigenvalue weighted by molar-refractivity contribution is 0.412. The molecule has 0 aromatic carbocycles. The Hall–Kier alpha value is -1.55. The lowest BCUT2D eigenvalue weighted by atomic mass is 10.1. The Morgan fingerprint density at radius 3 is 2.78 bits per heavy atom. The standard InChI is InChI=1S/C13H15ClN2O2/c1-8(2)6-10-12(14)15-11-5-4-9(18-3)7-16(11)13(10)17/h4-5,7-8H,6H2,1-3H3. The molecule has 0 aliphatic heterocycles. The maximum Gasteiger partial charge on any atom is 0.262 e. The smallest absolute Gasteiger partial charge is 0.262 e. The van der Waals surface area contributed by atoms with Crippen molar-refractivity contribution in [2.24, 2.45) is 5.92 Å². The third-order valence-electron chi connectivity index (χ3n) is 2.69. The van der Waals surface area contributed by atoms with E-state index in [9.17, 15) is 4.79 Å². The molecule has 0 radical (unpaired) electrons. The van der Waals surface area contributed by atoms with Gasteiger partial charge >= 0.3 is 0 Å². The van der Waals surface area contributed by atoms with Crippen LogP contribution in [0.1, 0.15) is 19.4 Å². The molecule has 0 fully saturated rings. The van der Waals surface area contributed by atoms with Crippen molar-refractivity contribution in [1.82, 2.24) is 9.38 Å². The molecule has 96 valence electrons. The van der Waals surface area contributed by atoms with E-state index in [1.54, 1.807) is 25.4 Å². The maximum atomic E-state index is 12.3. The van der Waals surface area contributed by atoms with Crippen molar-refractivity contribution in [3.63, 3.8) is 0 Å². The fourth-order valence-electron chi connectivity index (χ4n) is 1.83. The summed E-state index contributed by atoms with van der Waals surface area (Å²) in [5.74, 6) is 0.963. The molecular formula is C13H15ClN2O2. The van der Waals surface area contributed by atoms with Gasteiger partial charge in [0.2, 0.25) is 0 Å². The van der Waals surface area contributed by atoms with Crippen molar-refractivity contribution in [1.29, 1.82) is 0 Å². The quantitative estimate of drug-likeness (QED) is 0.802. The molecule has 0 amide bonds. The third kappa shape index (κ3) is 2.34. The average molecular weight is 267 g/mol. The minimum Gasteiger partial charge on any atom is -0.495 e. The molecule has 0 N–H and O–H groups in total. The van der Waals surface area contributed by atoms with Gasteiger partial charge in [-0.05, 0) is 24.5 Å². The molecule has 0 bridgehead atoms. The largest absolute Gasteiger partial charge is 0.495 e. The van der Waals surface area contributed by atoms with E-state index in [1.165, 1.54) is 4.40 Å². The molecule has 0 saturated heterocycles. The minimum atomic E-state index is -0.127. The Morgan fingerprint density at radius 1 is 1.44 bits per heavy atom. The Bertz CT molecular complexity index is 635. The van der Waals surface area contributed by atoms with Crippen LogP contribution in [0.15, 0.2) is 23.1 Å². The first-order valence-corrected chi connectivity index (χ1v) is 6.15. The van der Waals surface area contributed by atoms with Gasteiger partial charge in [0.1, 0.15) is 16.5 Å². The van der Waals surface area contributed by atoms with Gasteiger partial charge in [0, 0.05) is 0 Å². The Balaban J connectivity index is 2.70. The van der Waals surface area contributed by atoms with Crippen LogP contribution in [0, 0.1) is 5.92 Å². The van der Waals surface area contributed by atoms with E-state index in [0.717, 1.165) is 0 Å². The van der Waals surface area contributed by atoms with Crippen molar-refractivity contribution in [2.75, 3.05) is 7.11 Å². The van der Waals surface area contributed by atoms with Crippen molar-refractivity contribution < 1.29 is 4.74 Å². The predicted octanol–water partition coefficient (Wildman–Crippen LogP) is 2.56. The van der Waals surface area contributed by atoms with E-state index in [-0.39, 0.29) is 5.56 Å². The van der Waals surface area contributed by atoms with Crippen LogP contribution in [-0.4, -0.2) is 16.5 Å². The van der Waals surface area contributed by atoms with Crippen molar-refractivity contribution in [2.45, 2.75) is 20.3 Å². The first kappa shape index (κ1) is 12.9. The van der Waals surface area contributed by atoms with Gasteiger partial charge in [-0.3, -0.25) is 9.20 Å². The summed E-state index contributed by atoms with van der Waals surface area (Å²) in [6.07, 6.45) is 2.25. The Kier molecular flexibility index (Phi) is 3.57. The van der Waals surface area contributed by atoms with E-state index in [0.29, 0.717) is 34.5 Å². The summed E-state index contributed by atoms with van der Waals surface area (Å²) in [5, 5.41) is 0.291. The van der Waals surface area contributed by atoms with Gasteiger partial charge in [0.05, 0.1) is 18.9 Å². The molecule has 5 heteroatoms. The lowest BCUT2D eigenvalue weighted by Crippen LogP contribution is -2.21. The maximum absolute atomic E-state index is 12.3. The van der Waals surface area contributed by atoms with Gasteiger partial charge in [-0.2, -0.15) is 0 Å². The molecule has 0 aliphatic rings. The van der Waals surface area contributed by atoms with Crippen LogP contribution in [0.25, 0.3) is 5.65 Å². The molecule has 2 heterocycles. The fourth-order valence-corrected chi connectivity index (χ4v) is 2.07. The Labute approximate surface area is 110 Å². The topological polar surface area (TPSA) is 43.6 Å². The van der Waals surface area contributed by atoms with Gasteiger partial charge in [-0.1, -0.05) is 25.4 Å². The summed E-state index contributed by atoms with van der Waals surface area (Å²) in [6, 6.07) is 3.46. The van der Waals surface area contributed by atoms with Crippen LogP contribution in [0.2, 0.25) is 5.15 Å². The number of methoxy groups -OCH3 is 1. The summed E-state index contributed by atoms with van der Waals surface area (Å²) in [6.45, 7) is 4.08. The zero-order valence-corrected chi connectivity index (χ0v) is 11.4. The summed E-state index contributed by atoms with van der Waals surface area (Å²) in [7, 11) is 1.56. The van der Waals surface area contributed by atoms with Crippen LogP contribution >= 0.6 is 11.6 Å². The van der Waals surface area contributed by atoms with E-state index in [2.05, 4.69) is 4.98 Å². The zero-order chi connectivity index (χ0) is 13.3. The number of aromatic nitrogens is 2. The second kappa shape index (κ2) is 4.98. The number of fused-ring (bicyclic) bond motifs is 1. The molecular weight excluding hydrogens is 252 g/mol. The zero-order valence-electron chi connectivity index (χ0n) is 10.6. The number of pyridine rings is 1. The van der Waals surface area contributed by atoms with E-state index in [4.69, 9.17) is 16.3 Å². The molecule has 4 nitrogen and oxygen atoms in total. The monoisotopic (exact) mass is 266 g/mol. The van der Waals surface area contributed by atoms with Crippen LogP contribution in [0.3, 0.4) is 0 Å². The number of ether oxygens (including phenoxy) is 1. The highest BCUT2D eigenvalue weighted by molar-refractivity contribution is 6.30. The second-order valence-electron chi connectivity index (χ2n) is 4.58. The van der Waals surface area contributed by atoms with E-state index < -0.39 is 0 Å². The van der Waals surface area contributed by atoms with Crippen LogP contribution in [0.4, 0.5) is 0 Å². The van der Waals surface area contributed by atoms with Gasteiger partial charge in [0.25, 0.3) is 5.56 Å². The van der Waals surface area contributed by atoms with Crippen LogP contribution in [-0.2, 0) is 6.42 Å². The molecule has 0 unspecified atom stereocenters. The number of halogens is 1. The molecule has 2 aromatic heterocycles. The summed E-state index contributed by atoms with van der Waals surface area (Å²) in [5.41, 5.74) is 0.952. The number of hydrogen-bond acceptors (Lipinski definition) is 3. The van der Waals surface area contributed by atoms with Crippen molar-refractivity contribution >= 4 is 17.2 Å². The van der Waals surface area contributed by atoms with Crippen molar-refractivity contribution in [3.8, 4) is 5.75 Å². The van der Waals surface area contributed by atoms with Crippen LogP contribution in [0.5, 0.6) is 5.75 Å². The lowest BCUT2D eigenvalue weighted by Gasteiger charge is -2.09. The van der Waals surface area contributed by atoms with E-state index in [1.807, 2.05) is 13.8 Å². The highest BCUT2D eigenvalue weighted by Gasteiger charge is 2.12. The van der Waals surface area contributed by atoms with E-state index >= 15 is 0 Å². The molecule has 2 rings (SSSR count). The summed E-state index contributed by atoms with van der Waals surface area (Å²) in [4.78, 5) is 16.6. The van der Waals surface area contributed by atoms with Gasteiger partial charge in [-0.25, -0.2) is 4.98 Å². The third-order valence-corrected chi connectivity index (χ3v) is 3.00.